The molecule has 0 N–H and O–H groups in total. The molecule has 1 aromatic carbocycles. The molecule has 0 spiro atoms. The van der Waals surface area contributed by atoms with Gasteiger partial charge < -0.3 is 4.90 Å². The molecule has 0 saturated heterocycles. The molecule has 0 radical (unpaired) electrons. The number of amides is 1. The fourth-order valence-electron chi connectivity index (χ4n) is 1.64. The summed E-state index contributed by atoms with van der Waals surface area (Å²) in [6.45, 7) is 2.55. The Hall–Kier alpha value is -0.970. The summed E-state index contributed by atoms with van der Waals surface area (Å²) < 4.78 is 27.5. The summed E-state index contributed by atoms with van der Waals surface area (Å²) >= 11 is 2.98. The van der Waals surface area contributed by atoms with Crippen LogP contribution in [0, 0.1) is 11.6 Å². The number of halogens is 3. The molecule has 0 fully saturated rings. The summed E-state index contributed by atoms with van der Waals surface area (Å²) in [5.74, 6) is -2.29. The lowest BCUT2D eigenvalue weighted by Gasteiger charge is -2.17. The summed E-state index contributed by atoms with van der Waals surface area (Å²) in [7, 11) is 1.55. The lowest BCUT2D eigenvalue weighted by molar-refractivity contribution is 0.0783. The Labute approximate surface area is 114 Å². The van der Waals surface area contributed by atoms with Crippen molar-refractivity contribution in [2.75, 3.05) is 13.6 Å². The highest BCUT2D eigenvalue weighted by atomic mass is 79.9. The number of hydrogen-bond acceptors (Lipinski definition) is 1. The second-order valence-electron chi connectivity index (χ2n) is 4.18. The van der Waals surface area contributed by atoms with E-state index in [0.29, 0.717) is 6.54 Å². The molecule has 0 atom stereocenters. The average molecular weight is 320 g/mol. The van der Waals surface area contributed by atoms with Crippen LogP contribution in [0.3, 0.4) is 0 Å². The quantitative estimate of drug-likeness (QED) is 0.751. The Morgan fingerprint density at radius 2 is 1.83 bits per heavy atom. The number of carbonyl (C=O) groups is 1. The first-order valence-corrected chi connectivity index (χ1v) is 6.66. The molecule has 1 aromatic rings. The van der Waals surface area contributed by atoms with E-state index in [-0.39, 0.29) is 4.47 Å². The molecule has 0 saturated carbocycles. The molecule has 5 heteroatoms. The molecule has 18 heavy (non-hydrogen) atoms. The molecule has 0 aliphatic rings. The summed E-state index contributed by atoms with van der Waals surface area (Å²) in [4.78, 5) is 13.3. The van der Waals surface area contributed by atoms with Crippen LogP contribution in [-0.2, 0) is 0 Å². The van der Waals surface area contributed by atoms with Crippen LogP contribution >= 0.6 is 15.9 Å². The SMILES string of the molecule is CCCCCN(C)C(=O)c1c(F)cc(Br)cc1F. The maximum Gasteiger partial charge on any atom is 0.259 e. The molecule has 0 aliphatic carbocycles. The fourth-order valence-corrected chi connectivity index (χ4v) is 2.04. The van der Waals surface area contributed by atoms with E-state index in [2.05, 4.69) is 22.9 Å². The van der Waals surface area contributed by atoms with Gasteiger partial charge in [-0.05, 0) is 18.6 Å². The molecule has 0 aromatic heterocycles. The second kappa shape index (κ2) is 6.83. The van der Waals surface area contributed by atoms with Crippen molar-refractivity contribution in [1.29, 1.82) is 0 Å². The largest absolute Gasteiger partial charge is 0.342 e. The number of carbonyl (C=O) groups excluding carboxylic acids is 1. The topological polar surface area (TPSA) is 20.3 Å². The van der Waals surface area contributed by atoms with Crippen LogP contribution in [0.15, 0.2) is 16.6 Å². The number of hydrogen-bond donors (Lipinski definition) is 0. The van der Waals surface area contributed by atoms with E-state index in [4.69, 9.17) is 0 Å². The van der Waals surface area contributed by atoms with Crippen molar-refractivity contribution in [3.63, 3.8) is 0 Å². The Morgan fingerprint density at radius 3 is 2.33 bits per heavy atom. The fraction of sp³-hybridized carbons (Fsp3) is 0.462. The van der Waals surface area contributed by atoms with Gasteiger partial charge in [0.2, 0.25) is 0 Å². The lowest BCUT2D eigenvalue weighted by Crippen LogP contribution is -2.29. The van der Waals surface area contributed by atoms with E-state index < -0.39 is 23.1 Å². The van der Waals surface area contributed by atoms with Gasteiger partial charge in [0, 0.05) is 18.1 Å². The molecule has 1 amide bonds. The maximum atomic E-state index is 13.6. The van der Waals surface area contributed by atoms with Gasteiger partial charge in [0.05, 0.1) is 0 Å². The van der Waals surface area contributed by atoms with Crippen molar-refractivity contribution in [3.05, 3.63) is 33.8 Å². The van der Waals surface area contributed by atoms with Gasteiger partial charge in [-0.3, -0.25) is 4.79 Å². The molecule has 0 heterocycles. The van der Waals surface area contributed by atoms with Gasteiger partial charge in [0.25, 0.3) is 5.91 Å². The molecule has 2 nitrogen and oxygen atoms in total. The van der Waals surface area contributed by atoms with Crippen LogP contribution in [0.1, 0.15) is 36.5 Å². The van der Waals surface area contributed by atoms with E-state index in [1.807, 2.05) is 0 Å². The van der Waals surface area contributed by atoms with E-state index in [1.54, 1.807) is 7.05 Å². The number of unbranched alkanes of at least 4 members (excludes halogenated alkanes) is 2. The summed E-state index contributed by atoms with van der Waals surface area (Å²) in [6.07, 6.45) is 2.85. The van der Waals surface area contributed by atoms with Gasteiger partial charge in [0.1, 0.15) is 17.2 Å². The minimum atomic E-state index is -0.839. The van der Waals surface area contributed by atoms with Crippen molar-refractivity contribution in [1.82, 2.24) is 4.90 Å². The highest BCUT2D eigenvalue weighted by Crippen LogP contribution is 2.20. The van der Waals surface area contributed by atoms with Gasteiger partial charge >= 0.3 is 0 Å². The number of nitrogens with zero attached hydrogens (tertiary/aromatic N) is 1. The molecule has 0 unspecified atom stereocenters. The third kappa shape index (κ3) is 3.77. The van der Waals surface area contributed by atoms with Gasteiger partial charge in [0.15, 0.2) is 0 Å². The molecule has 1 rings (SSSR count). The van der Waals surface area contributed by atoms with Crippen molar-refractivity contribution in [2.45, 2.75) is 26.2 Å². The normalized spacial score (nSPS) is 10.5. The van der Waals surface area contributed by atoms with Crippen LogP contribution in [0.25, 0.3) is 0 Å². The molecular formula is C13H16BrF2NO. The molecular weight excluding hydrogens is 304 g/mol. The van der Waals surface area contributed by atoms with Gasteiger partial charge in [-0.2, -0.15) is 0 Å². The Kier molecular flexibility index (Phi) is 5.72. The van der Waals surface area contributed by atoms with Crippen LogP contribution in [0.2, 0.25) is 0 Å². The van der Waals surface area contributed by atoms with Crippen molar-refractivity contribution in [2.24, 2.45) is 0 Å². The van der Waals surface area contributed by atoms with Crippen LogP contribution in [0.5, 0.6) is 0 Å². The standard InChI is InChI=1S/C13H16BrF2NO/c1-3-4-5-6-17(2)13(18)12-10(15)7-9(14)8-11(12)16/h7-8H,3-6H2,1-2H3. The van der Waals surface area contributed by atoms with E-state index in [9.17, 15) is 13.6 Å². The third-order valence-corrected chi connectivity index (χ3v) is 3.12. The minimum Gasteiger partial charge on any atom is -0.342 e. The van der Waals surface area contributed by atoms with E-state index in [0.717, 1.165) is 31.4 Å². The van der Waals surface area contributed by atoms with Crippen molar-refractivity contribution < 1.29 is 13.6 Å². The third-order valence-electron chi connectivity index (χ3n) is 2.66. The monoisotopic (exact) mass is 319 g/mol. The first kappa shape index (κ1) is 15.1. The second-order valence-corrected chi connectivity index (χ2v) is 5.09. The first-order chi connectivity index (χ1) is 8.47. The Morgan fingerprint density at radius 1 is 1.28 bits per heavy atom. The van der Waals surface area contributed by atoms with Crippen LogP contribution in [0.4, 0.5) is 8.78 Å². The van der Waals surface area contributed by atoms with E-state index in [1.165, 1.54) is 4.90 Å². The summed E-state index contributed by atoms with van der Waals surface area (Å²) in [5, 5.41) is 0. The maximum absolute atomic E-state index is 13.6. The molecule has 0 aliphatic heterocycles. The zero-order valence-corrected chi connectivity index (χ0v) is 12.1. The van der Waals surface area contributed by atoms with Crippen molar-refractivity contribution in [3.8, 4) is 0 Å². The van der Waals surface area contributed by atoms with Gasteiger partial charge in [-0.1, -0.05) is 35.7 Å². The highest BCUT2D eigenvalue weighted by molar-refractivity contribution is 9.10. The number of benzene rings is 1. The molecule has 100 valence electrons. The Bertz CT molecular complexity index is 414. The van der Waals surface area contributed by atoms with Gasteiger partial charge in [-0.15, -0.1) is 0 Å². The average Bonchev–Trinajstić information content (AvgIpc) is 2.27. The van der Waals surface area contributed by atoms with Crippen LogP contribution < -0.4 is 0 Å². The van der Waals surface area contributed by atoms with Crippen LogP contribution in [-0.4, -0.2) is 24.4 Å². The Balaban J connectivity index is 2.83. The predicted molar refractivity (Wildman–Crippen MR) is 70.5 cm³/mol. The lowest BCUT2D eigenvalue weighted by atomic mass is 10.1. The zero-order valence-electron chi connectivity index (χ0n) is 10.5. The summed E-state index contributed by atoms with van der Waals surface area (Å²) in [5.41, 5.74) is -0.489. The highest BCUT2D eigenvalue weighted by Gasteiger charge is 2.21. The molecule has 0 bridgehead atoms. The van der Waals surface area contributed by atoms with E-state index >= 15 is 0 Å². The predicted octanol–water partition coefficient (Wildman–Crippen LogP) is 3.99. The smallest absolute Gasteiger partial charge is 0.259 e. The first-order valence-electron chi connectivity index (χ1n) is 5.87. The summed E-state index contributed by atoms with van der Waals surface area (Å²) in [6, 6.07) is 2.19. The zero-order chi connectivity index (χ0) is 13.7. The van der Waals surface area contributed by atoms with Crippen molar-refractivity contribution >= 4 is 21.8 Å². The number of rotatable bonds is 5. The van der Waals surface area contributed by atoms with Gasteiger partial charge in [-0.25, -0.2) is 8.78 Å². The minimum absolute atomic E-state index is 0.280.